The molecule has 3 rings (SSSR count). The lowest BCUT2D eigenvalue weighted by molar-refractivity contribution is 0.0529. The Morgan fingerprint density at radius 2 is 2.27 bits per heavy atom. The summed E-state index contributed by atoms with van der Waals surface area (Å²) in [7, 11) is 1.77. The van der Waals surface area contributed by atoms with Gasteiger partial charge in [0.25, 0.3) is 0 Å². The number of furan rings is 1. The fourth-order valence-electron chi connectivity index (χ4n) is 3.12. The predicted molar refractivity (Wildman–Crippen MR) is 128 cm³/mol. The molecule has 0 radical (unpaired) electrons. The number of rotatable bonds is 9. The molecule has 166 valence electrons. The van der Waals surface area contributed by atoms with Crippen molar-refractivity contribution >= 4 is 35.8 Å². The van der Waals surface area contributed by atoms with Gasteiger partial charge in [-0.15, -0.1) is 24.0 Å². The molecule has 1 saturated heterocycles. The van der Waals surface area contributed by atoms with Gasteiger partial charge in [-0.2, -0.15) is 0 Å². The summed E-state index contributed by atoms with van der Waals surface area (Å²) < 4.78 is 16.4. The van der Waals surface area contributed by atoms with Crippen LogP contribution in [0.25, 0.3) is 0 Å². The van der Waals surface area contributed by atoms with Gasteiger partial charge in [-0.1, -0.05) is 0 Å². The number of nitrogens with zero attached hydrogens (tertiary/aromatic N) is 3. The van der Waals surface area contributed by atoms with Gasteiger partial charge in [0.2, 0.25) is 0 Å². The molecule has 2 aromatic rings. The summed E-state index contributed by atoms with van der Waals surface area (Å²) in [6, 6.07) is 7.92. The summed E-state index contributed by atoms with van der Waals surface area (Å²) in [4.78, 5) is 11.1. The molecule has 0 spiro atoms. The maximum Gasteiger partial charge on any atom is 0.191 e. The molecular weight excluding hydrogens is 497 g/mol. The van der Waals surface area contributed by atoms with E-state index in [-0.39, 0.29) is 30.1 Å². The zero-order chi connectivity index (χ0) is 20.3. The van der Waals surface area contributed by atoms with Crippen molar-refractivity contribution in [2.45, 2.75) is 32.6 Å². The maximum absolute atomic E-state index is 5.61. The van der Waals surface area contributed by atoms with Crippen LogP contribution >= 0.6 is 24.0 Å². The molecule has 1 fully saturated rings. The van der Waals surface area contributed by atoms with Gasteiger partial charge in [0.15, 0.2) is 5.96 Å². The minimum absolute atomic E-state index is 0. The summed E-state index contributed by atoms with van der Waals surface area (Å²) >= 11 is 0. The first-order valence-corrected chi connectivity index (χ1v) is 10.1. The molecule has 8 nitrogen and oxygen atoms in total. The van der Waals surface area contributed by atoms with E-state index in [1.54, 1.807) is 13.3 Å². The van der Waals surface area contributed by atoms with Gasteiger partial charge < -0.3 is 29.4 Å². The number of morpholine rings is 1. The molecule has 1 unspecified atom stereocenters. The van der Waals surface area contributed by atoms with Crippen LogP contribution in [-0.2, 0) is 22.6 Å². The highest BCUT2D eigenvalue weighted by atomic mass is 127. The van der Waals surface area contributed by atoms with Crippen LogP contribution in [0.3, 0.4) is 0 Å². The summed E-state index contributed by atoms with van der Waals surface area (Å²) in [6.07, 6.45) is 4.64. The number of anilines is 1. The van der Waals surface area contributed by atoms with Gasteiger partial charge in [0, 0.05) is 46.0 Å². The minimum Gasteiger partial charge on any atom is -0.467 e. The van der Waals surface area contributed by atoms with Gasteiger partial charge in [-0.3, -0.25) is 4.99 Å². The Hall–Kier alpha value is -1.85. The standard InChI is InChI=1S/C21H31N5O3.HI/c1-17-15-26(9-12-28-17)20-13-18(6-8-23-20)14-25-21(22-2)24-7-4-10-27-16-19-5-3-11-29-19;/h3,5-6,8,11,13,17H,4,7,9-10,12,14-16H2,1-2H3,(H2,22,24,25);1H. The fraction of sp³-hybridized carbons (Fsp3) is 0.524. The normalized spacial score (nSPS) is 16.8. The van der Waals surface area contributed by atoms with E-state index in [0.29, 0.717) is 19.8 Å². The van der Waals surface area contributed by atoms with E-state index >= 15 is 0 Å². The third kappa shape index (κ3) is 8.11. The van der Waals surface area contributed by atoms with Crippen LogP contribution in [0.15, 0.2) is 46.1 Å². The number of nitrogens with one attached hydrogen (secondary N) is 2. The first kappa shape index (κ1) is 24.4. The Labute approximate surface area is 195 Å². The lowest BCUT2D eigenvalue weighted by atomic mass is 10.2. The van der Waals surface area contributed by atoms with E-state index in [1.807, 2.05) is 24.4 Å². The molecule has 1 aliphatic rings. The topological polar surface area (TPSA) is 84.2 Å². The molecule has 9 heteroatoms. The zero-order valence-electron chi connectivity index (χ0n) is 17.7. The Kier molecular flexibility index (Phi) is 11.0. The van der Waals surface area contributed by atoms with Crippen molar-refractivity contribution in [2.24, 2.45) is 4.99 Å². The van der Waals surface area contributed by atoms with E-state index in [4.69, 9.17) is 13.9 Å². The molecule has 1 aliphatic heterocycles. The maximum atomic E-state index is 5.61. The second-order valence-corrected chi connectivity index (χ2v) is 6.99. The molecule has 0 aliphatic carbocycles. The van der Waals surface area contributed by atoms with Gasteiger partial charge >= 0.3 is 0 Å². The van der Waals surface area contributed by atoms with Crippen LogP contribution in [0.5, 0.6) is 0 Å². The smallest absolute Gasteiger partial charge is 0.191 e. The Morgan fingerprint density at radius 1 is 1.37 bits per heavy atom. The van der Waals surface area contributed by atoms with Gasteiger partial charge in [0.1, 0.15) is 18.2 Å². The lowest BCUT2D eigenvalue weighted by Gasteiger charge is -2.32. The fourth-order valence-corrected chi connectivity index (χ4v) is 3.12. The molecule has 0 bridgehead atoms. The first-order valence-electron chi connectivity index (χ1n) is 10.1. The van der Waals surface area contributed by atoms with Crippen LogP contribution in [0, 0.1) is 0 Å². The molecular formula is C21H32IN5O3. The molecule has 2 N–H and O–H groups in total. The van der Waals surface area contributed by atoms with Crippen LogP contribution in [0.1, 0.15) is 24.7 Å². The van der Waals surface area contributed by atoms with E-state index < -0.39 is 0 Å². The number of guanidine groups is 1. The van der Waals surface area contributed by atoms with Crippen molar-refractivity contribution in [3.63, 3.8) is 0 Å². The number of pyridine rings is 1. The Balaban J connectivity index is 0.00000320. The first-order chi connectivity index (χ1) is 14.2. The van der Waals surface area contributed by atoms with Crippen LogP contribution in [0.4, 0.5) is 5.82 Å². The number of aromatic nitrogens is 1. The minimum atomic E-state index is 0. The quantitative estimate of drug-likeness (QED) is 0.224. The van der Waals surface area contributed by atoms with E-state index in [1.165, 1.54) is 5.56 Å². The highest BCUT2D eigenvalue weighted by Gasteiger charge is 2.18. The molecule has 0 saturated carbocycles. The molecule has 3 heterocycles. The van der Waals surface area contributed by atoms with Crippen LogP contribution < -0.4 is 15.5 Å². The molecule has 1 atom stereocenters. The van der Waals surface area contributed by atoms with Crippen LogP contribution in [0.2, 0.25) is 0 Å². The second-order valence-electron chi connectivity index (χ2n) is 6.99. The number of hydrogen-bond acceptors (Lipinski definition) is 6. The summed E-state index contributed by atoms with van der Waals surface area (Å²) in [5.74, 6) is 2.61. The van der Waals surface area contributed by atoms with Crippen molar-refractivity contribution in [2.75, 3.05) is 44.8 Å². The number of hydrogen-bond donors (Lipinski definition) is 2. The van der Waals surface area contributed by atoms with Gasteiger partial charge in [0.05, 0.1) is 19.0 Å². The third-order valence-electron chi connectivity index (χ3n) is 4.64. The second kappa shape index (κ2) is 13.5. The highest BCUT2D eigenvalue weighted by molar-refractivity contribution is 14.0. The van der Waals surface area contributed by atoms with Crippen molar-refractivity contribution < 1.29 is 13.9 Å². The third-order valence-corrected chi connectivity index (χ3v) is 4.64. The van der Waals surface area contributed by atoms with Crippen molar-refractivity contribution in [1.82, 2.24) is 15.6 Å². The summed E-state index contributed by atoms with van der Waals surface area (Å²) in [5.41, 5.74) is 1.17. The average Bonchev–Trinajstić information content (AvgIpc) is 3.26. The van der Waals surface area contributed by atoms with E-state index in [2.05, 4.69) is 38.5 Å². The highest BCUT2D eigenvalue weighted by Crippen LogP contribution is 2.16. The summed E-state index contributed by atoms with van der Waals surface area (Å²) in [5, 5.41) is 6.66. The van der Waals surface area contributed by atoms with Crippen LogP contribution in [-0.4, -0.2) is 56.9 Å². The molecule has 30 heavy (non-hydrogen) atoms. The van der Waals surface area contributed by atoms with Crippen molar-refractivity contribution in [1.29, 1.82) is 0 Å². The molecule has 0 aromatic carbocycles. The lowest BCUT2D eigenvalue weighted by Crippen LogP contribution is -2.41. The van der Waals surface area contributed by atoms with Gasteiger partial charge in [-0.05, 0) is 43.2 Å². The summed E-state index contributed by atoms with van der Waals surface area (Å²) in [6.45, 7) is 7.22. The SMILES string of the molecule is CN=C(NCCCOCc1ccco1)NCc1ccnc(N2CCOC(C)C2)c1.I. The van der Waals surface area contributed by atoms with E-state index in [9.17, 15) is 0 Å². The molecule has 2 aromatic heterocycles. The zero-order valence-corrected chi connectivity index (χ0v) is 20.0. The number of aliphatic imine (C=N–C) groups is 1. The molecule has 0 amide bonds. The monoisotopic (exact) mass is 529 g/mol. The van der Waals surface area contributed by atoms with Crippen molar-refractivity contribution in [3.8, 4) is 0 Å². The Morgan fingerprint density at radius 3 is 3.03 bits per heavy atom. The van der Waals surface area contributed by atoms with E-state index in [0.717, 1.165) is 50.2 Å². The van der Waals surface area contributed by atoms with Gasteiger partial charge in [-0.25, -0.2) is 4.98 Å². The Bertz CT molecular complexity index is 757. The average molecular weight is 529 g/mol. The van der Waals surface area contributed by atoms with Crippen molar-refractivity contribution in [3.05, 3.63) is 48.0 Å². The number of ether oxygens (including phenoxy) is 2. The predicted octanol–water partition coefficient (Wildman–Crippen LogP) is 2.79. The number of halogens is 1. The largest absolute Gasteiger partial charge is 0.467 e.